The summed E-state index contributed by atoms with van der Waals surface area (Å²) < 4.78 is 47.7. The van der Waals surface area contributed by atoms with Crippen molar-refractivity contribution in [3.63, 3.8) is 0 Å². The molecule has 0 fully saturated rings. The van der Waals surface area contributed by atoms with Crippen LogP contribution in [0.4, 0.5) is 10.1 Å². The molecule has 8 nitrogen and oxygen atoms in total. The normalized spacial score (nSPS) is 12.4. The molecule has 3 aromatic rings. The summed E-state index contributed by atoms with van der Waals surface area (Å²) in [7, 11) is -2.81. The molecule has 0 radical (unpaired) electrons. The molecule has 0 aliphatic heterocycles. The average molecular weight is 584 g/mol. The molecule has 0 aromatic heterocycles. The zero-order chi connectivity index (χ0) is 30.4. The molecule has 0 spiro atoms. The number of hydrogen-bond donors (Lipinski definition) is 1. The fourth-order valence-electron chi connectivity index (χ4n) is 4.35. The van der Waals surface area contributed by atoms with Crippen molar-refractivity contribution >= 4 is 27.5 Å². The van der Waals surface area contributed by atoms with Crippen LogP contribution < -0.4 is 14.4 Å². The van der Waals surface area contributed by atoms with Gasteiger partial charge in [0.25, 0.3) is 10.0 Å². The van der Waals surface area contributed by atoms with Gasteiger partial charge in [0.05, 0.1) is 17.7 Å². The van der Waals surface area contributed by atoms with Crippen molar-refractivity contribution < 1.29 is 27.1 Å². The van der Waals surface area contributed by atoms with Crippen molar-refractivity contribution in [3.8, 4) is 5.75 Å². The lowest BCUT2D eigenvalue weighted by atomic mass is 10.0. The Hall–Kier alpha value is -3.92. The lowest BCUT2D eigenvalue weighted by Gasteiger charge is -2.35. The van der Waals surface area contributed by atoms with E-state index in [-0.39, 0.29) is 23.0 Å². The minimum atomic E-state index is -4.28. The Morgan fingerprint density at radius 1 is 0.976 bits per heavy atom. The Kier molecular flexibility index (Phi) is 10.1. The van der Waals surface area contributed by atoms with E-state index in [1.54, 1.807) is 6.92 Å². The predicted molar refractivity (Wildman–Crippen MR) is 158 cm³/mol. The van der Waals surface area contributed by atoms with Gasteiger partial charge in [-0.15, -0.1) is 0 Å². The number of halogens is 1. The van der Waals surface area contributed by atoms with Gasteiger partial charge >= 0.3 is 0 Å². The van der Waals surface area contributed by atoms with Gasteiger partial charge in [0.2, 0.25) is 11.8 Å². The predicted octanol–water partition coefficient (Wildman–Crippen LogP) is 5.06. The summed E-state index contributed by atoms with van der Waals surface area (Å²) in [5, 5.41) is 2.95. The third kappa shape index (κ3) is 8.07. The van der Waals surface area contributed by atoms with Crippen molar-refractivity contribution in [2.24, 2.45) is 0 Å². The number of rotatable bonds is 11. The topological polar surface area (TPSA) is 96.0 Å². The number of methoxy groups -OCH3 is 1. The van der Waals surface area contributed by atoms with Gasteiger partial charge in [-0.1, -0.05) is 31.2 Å². The molecule has 0 bridgehead atoms. The van der Waals surface area contributed by atoms with Gasteiger partial charge in [-0.2, -0.15) is 0 Å². The van der Waals surface area contributed by atoms with E-state index in [1.165, 1.54) is 48.4 Å². The molecule has 0 saturated heterocycles. The number of sulfonamides is 1. The van der Waals surface area contributed by atoms with Gasteiger partial charge in [-0.3, -0.25) is 13.9 Å². The second-order valence-electron chi connectivity index (χ2n) is 10.8. The zero-order valence-electron chi connectivity index (χ0n) is 24.3. The van der Waals surface area contributed by atoms with Crippen LogP contribution >= 0.6 is 0 Å². The molecule has 1 unspecified atom stereocenters. The number of nitrogens with one attached hydrogen (secondary N) is 1. The number of ether oxygens (including phenoxy) is 1. The van der Waals surface area contributed by atoms with Crippen LogP contribution in [0.2, 0.25) is 0 Å². The Morgan fingerprint density at radius 2 is 1.59 bits per heavy atom. The minimum Gasteiger partial charge on any atom is -0.497 e. The molecule has 3 aromatic carbocycles. The maximum absolute atomic E-state index is 14.1. The van der Waals surface area contributed by atoms with E-state index in [2.05, 4.69) is 5.32 Å². The molecular formula is C31H38FN3O5S. The van der Waals surface area contributed by atoms with E-state index in [9.17, 15) is 22.4 Å². The first kappa shape index (κ1) is 31.6. The largest absolute Gasteiger partial charge is 0.497 e. The SMILES string of the molecule is CCC(C(=O)NC(C)(C)C)N(Cc1ccccc1C)C(=O)CN(c1ccc(F)cc1)S(=O)(=O)c1ccc(OC)cc1. The van der Waals surface area contributed by atoms with Crippen LogP contribution in [-0.4, -0.2) is 50.4 Å². The smallest absolute Gasteiger partial charge is 0.264 e. The van der Waals surface area contributed by atoms with Crippen molar-refractivity contribution in [2.45, 2.75) is 64.1 Å². The lowest BCUT2D eigenvalue weighted by molar-refractivity contribution is -0.141. The molecule has 0 saturated carbocycles. The van der Waals surface area contributed by atoms with E-state index in [4.69, 9.17) is 4.74 Å². The summed E-state index contributed by atoms with van der Waals surface area (Å²) >= 11 is 0. The number of anilines is 1. The summed E-state index contributed by atoms with van der Waals surface area (Å²) in [4.78, 5) is 28.8. The summed E-state index contributed by atoms with van der Waals surface area (Å²) in [6.07, 6.45) is 0.307. The van der Waals surface area contributed by atoms with Crippen LogP contribution in [-0.2, 0) is 26.2 Å². The maximum Gasteiger partial charge on any atom is 0.264 e. The van der Waals surface area contributed by atoms with Crippen molar-refractivity contribution in [1.82, 2.24) is 10.2 Å². The molecule has 1 N–H and O–H groups in total. The van der Waals surface area contributed by atoms with E-state index < -0.39 is 39.9 Å². The lowest BCUT2D eigenvalue weighted by Crippen LogP contribution is -2.55. The second kappa shape index (κ2) is 13.2. The fourth-order valence-corrected chi connectivity index (χ4v) is 5.77. The van der Waals surface area contributed by atoms with Crippen molar-refractivity contribution in [2.75, 3.05) is 18.0 Å². The standard InChI is InChI=1S/C31H38FN3O5S/c1-7-28(30(37)33-31(3,4)5)34(20-23-11-9-8-10-22(23)2)29(36)21-35(25-14-12-24(32)13-15-25)41(38,39)27-18-16-26(40-6)17-19-27/h8-19,28H,7,20-21H2,1-6H3,(H,33,37). The van der Waals surface area contributed by atoms with E-state index in [0.717, 1.165) is 27.6 Å². The summed E-state index contributed by atoms with van der Waals surface area (Å²) in [6, 6.07) is 17.3. The van der Waals surface area contributed by atoms with Gasteiger partial charge in [-0.05, 0) is 93.8 Å². The first-order chi connectivity index (χ1) is 19.3. The number of amides is 2. The Labute approximate surface area is 242 Å². The maximum atomic E-state index is 14.1. The Morgan fingerprint density at radius 3 is 2.12 bits per heavy atom. The molecule has 41 heavy (non-hydrogen) atoms. The van der Waals surface area contributed by atoms with Gasteiger partial charge in [-0.25, -0.2) is 12.8 Å². The molecular weight excluding hydrogens is 545 g/mol. The third-order valence-electron chi connectivity index (χ3n) is 6.53. The van der Waals surface area contributed by atoms with E-state index in [0.29, 0.717) is 12.2 Å². The van der Waals surface area contributed by atoms with Gasteiger partial charge in [0.15, 0.2) is 0 Å². The second-order valence-corrected chi connectivity index (χ2v) is 12.6. The highest BCUT2D eigenvalue weighted by molar-refractivity contribution is 7.92. The first-order valence-electron chi connectivity index (χ1n) is 13.3. The Balaban J connectivity index is 2.08. The van der Waals surface area contributed by atoms with E-state index in [1.807, 2.05) is 52.0 Å². The quantitative estimate of drug-likeness (QED) is 0.341. The van der Waals surface area contributed by atoms with Crippen LogP contribution in [0.15, 0.2) is 77.7 Å². The van der Waals surface area contributed by atoms with Crippen molar-refractivity contribution in [3.05, 3.63) is 89.7 Å². The molecule has 2 amide bonds. The fraction of sp³-hybridized carbons (Fsp3) is 0.355. The highest BCUT2D eigenvalue weighted by Gasteiger charge is 2.34. The number of hydrogen-bond acceptors (Lipinski definition) is 5. The molecule has 0 aliphatic rings. The van der Waals surface area contributed by atoms with Crippen LogP contribution in [0.3, 0.4) is 0 Å². The third-order valence-corrected chi connectivity index (χ3v) is 8.32. The number of carbonyl (C=O) groups is 2. The van der Waals surface area contributed by atoms with Crippen LogP contribution in [0.5, 0.6) is 5.75 Å². The summed E-state index contributed by atoms with van der Waals surface area (Å²) in [6.45, 7) is 8.76. The monoisotopic (exact) mass is 583 g/mol. The highest BCUT2D eigenvalue weighted by Crippen LogP contribution is 2.26. The van der Waals surface area contributed by atoms with Crippen LogP contribution in [0.1, 0.15) is 45.2 Å². The number of benzene rings is 3. The zero-order valence-corrected chi connectivity index (χ0v) is 25.2. The van der Waals surface area contributed by atoms with Crippen LogP contribution in [0, 0.1) is 12.7 Å². The number of carbonyl (C=O) groups excluding carboxylic acids is 2. The molecule has 0 heterocycles. The molecule has 10 heteroatoms. The van der Waals surface area contributed by atoms with Gasteiger partial charge in [0, 0.05) is 12.1 Å². The minimum absolute atomic E-state index is 0.0709. The number of nitrogens with zero attached hydrogens (tertiary/aromatic N) is 2. The van der Waals surface area contributed by atoms with Gasteiger partial charge < -0.3 is 15.0 Å². The highest BCUT2D eigenvalue weighted by atomic mass is 32.2. The first-order valence-corrected chi connectivity index (χ1v) is 14.8. The molecule has 1 atom stereocenters. The summed E-state index contributed by atoms with van der Waals surface area (Å²) in [5.74, 6) is -1.000. The van der Waals surface area contributed by atoms with Crippen molar-refractivity contribution in [1.29, 1.82) is 0 Å². The number of aryl methyl sites for hydroxylation is 1. The van der Waals surface area contributed by atoms with Crippen LogP contribution in [0.25, 0.3) is 0 Å². The summed E-state index contributed by atoms with van der Waals surface area (Å²) in [5.41, 5.74) is 1.32. The van der Waals surface area contributed by atoms with E-state index >= 15 is 0 Å². The molecule has 220 valence electrons. The molecule has 3 rings (SSSR count). The Bertz CT molecular complexity index is 1450. The average Bonchev–Trinajstić information content (AvgIpc) is 2.92. The molecule has 0 aliphatic carbocycles. The van der Waals surface area contributed by atoms with Gasteiger partial charge in [0.1, 0.15) is 24.2 Å².